The van der Waals surface area contributed by atoms with Crippen LogP contribution >= 0.6 is 0 Å². The Morgan fingerprint density at radius 1 is 0.929 bits per heavy atom. The molecule has 2 heterocycles. The number of nitrogens with zero attached hydrogens (tertiary/aromatic N) is 3. The van der Waals surface area contributed by atoms with Gasteiger partial charge in [-0.2, -0.15) is 0 Å². The Labute approximate surface area is 163 Å². The van der Waals surface area contributed by atoms with E-state index in [9.17, 15) is 4.39 Å². The van der Waals surface area contributed by atoms with Crippen LogP contribution in [0, 0.1) is 5.82 Å². The molecule has 1 saturated carbocycles. The molecule has 2 aromatic carbocycles. The average Bonchev–Trinajstić information content (AvgIpc) is 3.38. The van der Waals surface area contributed by atoms with Crippen molar-refractivity contribution in [2.24, 2.45) is 0 Å². The maximum atomic E-state index is 13.4. The molecule has 28 heavy (non-hydrogen) atoms. The summed E-state index contributed by atoms with van der Waals surface area (Å²) in [4.78, 5) is 9.16. The van der Waals surface area contributed by atoms with Gasteiger partial charge in [-0.25, -0.2) is 14.4 Å². The van der Waals surface area contributed by atoms with Crippen LogP contribution in [0.1, 0.15) is 25.7 Å². The lowest BCUT2D eigenvalue weighted by atomic mass is 10.1. The van der Waals surface area contributed by atoms with Gasteiger partial charge in [-0.15, -0.1) is 0 Å². The first-order valence-electron chi connectivity index (χ1n) is 9.73. The summed E-state index contributed by atoms with van der Waals surface area (Å²) >= 11 is 0. The maximum Gasteiger partial charge on any atom is 0.150 e. The third-order valence-electron chi connectivity index (χ3n) is 5.47. The lowest BCUT2D eigenvalue weighted by Gasteiger charge is -2.14. The summed E-state index contributed by atoms with van der Waals surface area (Å²) in [6, 6.07) is 17.2. The van der Waals surface area contributed by atoms with Crippen LogP contribution in [-0.4, -0.2) is 20.6 Å². The molecule has 0 amide bonds. The molecule has 1 fully saturated rings. The van der Waals surface area contributed by atoms with Crippen molar-refractivity contribution in [1.29, 1.82) is 0 Å². The normalized spacial score (nSPS) is 14.6. The Kier molecular flexibility index (Phi) is 4.28. The zero-order valence-electron chi connectivity index (χ0n) is 15.5. The van der Waals surface area contributed by atoms with E-state index in [0.29, 0.717) is 6.04 Å². The summed E-state index contributed by atoms with van der Waals surface area (Å²) in [7, 11) is 0. The highest BCUT2D eigenvalue weighted by molar-refractivity contribution is 6.02. The summed E-state index contributed by atoms with van der Waals surface area (Å²) in [5.41, 5.74) is 3.87. The topological polar surface area (TPSA) is 42.7 Å². The predicted molar refractivity (Wildman–Crippen MR) is 110 cm³/mol. The molecule has 0 radical (unpaired) electrons. The summed E-state index contributed by atoms with van der Waals surface area (Å²) < 4.78 is 15.4. The van der Waals surface area contributed by atoms with E-state index < -0.39 is 0 Å². The van der Waals surface area contributed by atoms with E-state index in [-0.39, 0.29) is 5.82 Å². The van der Waals surface area contributed by atoms with Crippen molar-refractivity contribution < 1.29 is 4.39 Å². The summed E-state index contributed by atoms with van der Waals surface area (Å²) in [5.74, 6) is 0.623. The second kappa shape index (κ2) is 7.08. The average molecular weight is 372 g/mol. The Bertz CT molecular complexity index is 1100. The van der Waals surface area contributed by atoms with Crippen molar-refractivity contribution in [2.45, 2.75) is 31.7 Å². The first-order valence-corrected chi connectivity index (χ1v) is 9.73. The van der Waals surface area contributed by atoms with E-state index in [1.807, 2.05) is 22.8 Å². The lowest BCUT2D eigenvalue weighted by Crippen LogP contribution is -2.15. The fraction of sp³-hybridized carbons (Fsp3) is 0.217. The van der Waals surface area contributed by atoms with Gasteiger partial charge in [0.25, 0.3) is 0 Å². The molecule has 5 heteroatoms. The molecule has 0 bridgehead atoms. The number of anilines is 1. The van der Waals surface area contributed by atoms with Gasteiger partial charge in [-0.1, -0.05) is 43.2 Å². The first kappa shape index (κ1) is 16.9. The van der Waals surface area contributed by atoms with Gasteiger partial charge in [-0.05, 0) is 42.7 Å². The minimum absolute atomic E-state index is 0.248. The second-order valence-corrected chi connectivity index (χ2v) is 7.30. The number of benzene rings is 2. The SMILES string of the molecule is Fc1ccc(-n2cc(-c3ccccc3)c3c(NC4CCCC4)ncnc32)cc1. The van der Waals surface area contributed by atoms with E-state index in [2.05, 4.69) is 33.6 Å². The second-order valence-electron chi connectivity index (χ2n) is 7.30. The van der Waals surface area contributed by atoms with Gasteiger partial charge < -0.3 is 9.88 Å². The van der Waals surface area contributed by atoms with E-state index in [0.717, 1.165) is 33.7 Å². The molecule has 0 atom stereocenters. The zero-order valence-corrected chi connectivity index (χ0v) is 15.5. The summed E-state index contributed by atoms with van der Waals surface area (Å²) in [6.07, 6.45) is 8.54. The van der Waals surface area contributed by atoms with Crippen molar-refractivity contribution in [3.05, 3.63) is 72.9 Å². The van der Waals surface area contributed by atoms with Crippen LogP contribution in [0.5, 0.6) is 0 Å². The standard InChI is InChI=1S/C23H21FN4/c24-17-10-12-19(13-11-17)28-14-20(16-6-2-1-3-7-16)21-22(25-15-26-23(21)28)27-18-8-4-5-9-18/h1-3,6-7,10-15,18H,4-5,8-9H2,(H,25,26,27). The highest BCUT2D eigenvalue weighted by atomic mass is 19.1. The van der Waals surface area contributed by atoms with Crippen LogP contribution in [0.2, 0.25) is 0 Å². The molecule has 0 spiro atoms. The fourth-order valence-electron chi connectivity index (χ4n) is 4.07. The van der Waals surface area contributed by atoms with Gasteiger partial charge in [0.2, 0.25) is 0 Å². The third kappa shape index (κ3) is 3.03. The van der Waals surface area contributed by atoms with E-state index in [1.54, 1.807) is 18.5 Å². The molecule has 0 aliphatic heterocycles. The van der Waals surface area contributed by atoms with Crippen LogP contribution < -0.4 is 5.32 Å². The van der Waals surface area contributed by atoms with Crippen molar-refractivity contribution in [1.82, 2.24) is 14.5 Å². The van der Waals surface area contributed by atoms with Crippen LogP contribution in [0.15, 0.2) is 67.1 Å². The van der Waals surface area contributed by atoms with Crippen LogP contribution in [-0.2, 0) is 0 Å². The molecule has 0 unspecified atom stereocenters. The number of fused-ring (bicyclic) bond motifs is 1. The quantitative estimate of drug-likeness (QED) is 0.508. The van der Waals surface area contributed by atoms with Crippen LogP contribution in [0.4, 0.5) is 10.2 Å². The summed E-state index contributed by atoms with van der Waals surface area (Å²) in [5, 5.41) is 4.65. The number of hydrogen-bond donors (Lipinski definition) is 1. The molecule has 1 N–H and O–H groups in total. The Morgan fingerprint density at radius 3 is 2.43 bits per heavy atom. The van der Waals surface area contributed by atoms with Gasteiger partial charge in [0, 0.05) is 23.5 Å². The number of halogens is 1. The van der Waals surface area contributed by atoms with E-state index in [1.165, 1.54) is 37.8 Å². The highest BCUT2D eigenvalue weighted by Gasteiger charge is 2.21. The molecule has 4 aromatic rings. The van der Waals surface area contributed by atoms with Crippen molar-refractivity contribution in [3.8, 4) is 16.8 Å². The van der Waals surface area contributed by atoms with Crippen LogP contribution in [0.3, 0.4) is 0 Å². The fourth-order valence-corrected chi connectivity index (χ4v) is 4.07. The first-order chi connectivity index (χ1) is 13.8. The Morgan fingerprint density at radius 2 is 1.68 bits per heavy atom. The minimum atomic E-state index is -0.248. The Balaban J connectivity index is 1.72. The molecule has 0 saturated heterocycles. The third-order valence-corrected chi connectivity index (χ3v) is 5.47. The molecule has 5 rings (SSSR count). The molecule has 4 nitrogen and oxygen atoms in total. The summed E-state index contributed by atoms with van der Waals surface area (Å²) in [6.45, 7) is 0. The number of rotatable bonds is 4. The maximum absolute atomic E-state index is 13.4. The number of aromatic nitrogens is 3. The number of nitrogens with one attached hydrogen (secondary N) is 1. The van der Waals surface area contributed by atoms with Crippen molar-refractivity contribution in [2.75, 3.05) is 5.32 Å². The van der Waals surface area contributed by atoms with Gasteiger partial charge in [-0.3, -0.25) is 0 Å². The van der Waals surface area contributed by atoms with Gasteiger partial charge >= 0.3 is 0 Å². The molecule has 1 aliphatic rings. The van der Waals surface area contributed by atoms with Gasteiger partial charge in [0.15, 0.2) is 5.65 Å². The monoisotopic (exact) mass is 372 g/mol. The highest BCUT2D eigenvalue weighted by Crippen LogP contribution is 2.36. The molecule has 1 aliphatic carbocycles. The largest absolute Gasteiger partial charge is 0.367 e. The number of hydrogen-bond acceptors (Lipinski definition) is 3. The van der Waals surface area contributed by atoms with E-state index in [4.69, 9.17) is 0 Å². The predicted octanol–water partition coefficient (Wildman–Crippen LogP) is 5.58. The lowest BCUT2D eigenvalue weighted by molar-refractivity contribution is 0.627. The zero-order chi connectivity index (χ0) is 18.9. The smallest absolute Gasteiger partial charge is 0.150 e. The van der Waals surface area contributed by atoms with Crippen LogP contribution in [0.25, 0.3) is 27.8 Å². The molecular formula is C23H21FN4. The van der Waals surface area contributed by atoms with Crippen molar-refractivity contribution >= 4 is 16.9 Å². The van der Waals surface area contributed by atoms with Crippen molar-refractivity contribution in [3.63, 3.8) is 0 Å². The minimum Gasteiger partial charge on any atom is -0.367 e. The molecule has 140 valence electrons. The van der Waals surface area contributed by atoms with Gasteiger partial charge in [0.05, 0.1) is 5.39 Å². The Hall–Kier alpha value is -3.21. The molecule has 2 aromatic heterocycles. The van der Waals surface area contributed by atoms with E-state index >= 15 is 0 Å². The molecular weight excluding hydrogens is 351 g/mol. The van der Waals surface area contributed by atoms with Gasteiger partial charge in [0.1, 0.15) is 18.0 Å².